The van der Waals surface area contributed by atoms with Crippen LogP contribution in [0.3, 0.4) is 0 Å². The van der Waals surface area contributed by atoms with Crippen LogP contribution in [0.2, 0.25) is 0 Å². The van der Waals surface area contributed by atoms with Gasteiger partial charge in [-0.15, -0.1) is 0 Å². The van der Waals surface area contributed by atoms with Gasteiger partial charge in [-0.25, -0.2) is 0 Å². The molecule has 0 spiro atoms. The zero-order chi connectivity index (χ0) is 25.0. The summed E-state index contributed by atoms with van der Waals surface area (Å²) in [5.41, 5.74) is 12.8. The summed E-state index contributed by atoms with van der Waals surface area (Å²) in [6.45, 7) is 16.6. The van der Waals surface area contributed by atoms with Gasteiger partial charge < -0.3 is 9.80 Å². The fraction of sp³-hybridized carbons (Fsp3) is 0.485. The van der Waals surface area contributed by atoms with Gasteiger partial charge in [0.25, 0.3) is 0 Å². The first kappa shape index (κ1) is 23.6. The number of piperidine rings is 2. The molecule has 0 bridgehead atoms. The van der Waals surface area contributed by atoms with Crippen molar-refractivity contribution >= 4 is 16.8 Å². The predicted octanol–water partition coefficient (Wildman–Crippen LogP) is 6.89. The highest BCUT2D eigenvalue weighted by Gasteiger charge is 2.41. The average Bonchev–Trinajstić information content (AvgIpc) is 3.32. The maximum Gasteiger partial charge on any atom is 0.0991 e. The lowest BCUT2D eigenvalue weighted by atomic mass is 9.67. The van der Waals surface area contributed by atoms with Crippen molar-refractivity contribution in [3.05, 3.63) is 75.9 Å². The average molecular weight is 478 g/mol. The van der Waals surface area contributed by atoms with Crippen molar-refractivity contribution in [1.29, 1.82) is 5.26 Å². The Kier molecular flexibility index (Phi) is 5.84. The number of rotatable bonds is 3. The van der Waals surface area contributed by atoms with E-state index in [4.69, 9.17) is 0 Å². The molecular weight excluding hydrogens is 438 g/mol. The second-order valence-electron chi connectivity index (χ2n) is 11.8. The zero-order valence-corrected chi connectivity index (χ0v) is 22.3. The smallest absolute Gasteiger partial charge is 0.0991 e. The molecule has 2 aromatic rings. The number of fused-ring (bicyclic) bond motifs is 3. The molecule has 0 aromatic heterocycles. The zero-order valence-electron chi connectivity index (χ0n) is 22.3. The molecule has 3 heteroatoms. The second-order valence-corrected chi connectivity index (χ2v) is 11.8. The first-order valence-corrected chi connectivity index (χ1v) is 14.1. The number of benzene rings is 2. The van der Waals surface area contributed by atoms with Crippen LogP contribution in [0.5, 0.6) is 0 Å². The molecule has 0 atom stereocenters. The van der Waals surface area contributed by atoms with Gasteiger partial charge in [-0.05, 0) is 120 Å². The highest BCUT2D eigenvalue weighted by atomic mass is 15.2. The molecule has 2 aliphatic carbocycles. The van der Waals surface area contributed by atoms with E-state index in [2.05, 4.69) is 67.5 Å². The quantitative estimate of drug-likeness (QED) is 0.482. The van der Waals surface area contributed by atoms with Crippen molar-refractivity contribution in [3.8, 4) is 6.07 Å². The van der Waals surface area contributed by atoms with E-state index in [1.165, 1.54) is 89.8 Å². The molecule has 4 aliphatic rings. The topological polar surface area (TPSA) is 30.3 Å². The fourth-order valence-electron chi connectivity index (χ4n) is 7.40. The van der Waals surface area contributed by atoms with E-state index < -0.39 is 0 Å². The first-order valence-electron chi connectivity index (χ1n) is 14.1. The molecule has 2 saturated heterocycles. The van der Waals surface area contributed by atoms with E-state index in [-0.39, 0.29) is 5.41 Å². The number of likely N-dealkylation sites (tertiary alicyclic amines) is 1. The largest absolute Gasteiger partial charge is 0.371 e. The standard InChI is InChI=1S/C33H39N3/c1-5-24-18-28-22(2)32-27-10-9-23(21-34)17-25(27)19-30(32)33(3,4)29(28)20-31(24)36-15-11-26(12-16-36)35-13-7-6-8-14-35/h9-10,17-18,20,26H,2,5-8,11-16,19H2,1,3-4H3. The Labute approximate surface area is 217 Å². The van der Waals surface area contributed by atoms with Gasteiger partial charge in [-0.3, -0.25) is 0 Å². The number of nitriles is 1. The van der Waals surface area contributed by atoms with Gasteiger partial charge in [-0.1, -0.05) is 39.8 Å². The number of hydrogen-bond donors (Lipinski definition) is 0. The van der Waals surface area contributed by atoms with Crippen molar-refractivity contribution in [2.24, 2.45) is 0 Å². The molecule has 0 N–H and O–H groups in total. The number of allylic oxidation sites excluding steroid dienone is 3. The molecule has 6 rings (SSSR count). The molecule has 36 heavy (non-hydrogen) atoms. The summed E-state index contributed by atoms with van der Waals surface area (Å²) in [5.74, 6) is 0. The van der Waals surface area contributed by atoms with Gasteiger partial charge in [0.1, 0.15) is 0 Å². The predicted molar refractivity (Wildman–Crippen MR) is 150 cm³/mol. The van der Waals surface area contributed by atoms with Gasteiger partial charge in [-0.2, -0.15) is 5.26 Å². The Morgan fingerprint density at radius 3 is 2.44 bits per heavy atom. The first-order chi connectivity index (χ1) is 17.4. The maximum absolute atomic E-state index is 9.44. The lowest BCUT2D eigenvalue weighted by molar-refractivity contribution is 0.141. The summed E-state index contributed by atoms with van der Waals surface area (Å²) in [7, 11) is 0. The van der Waals surface area contributed by atoms with E-state index >= 15 is 0 Å². The Morgan fingerprint density at radius 1 is 1.00 bits per heavy atom. The minimum atomic E-state index is -0.0647. The summed E-state index contributed by atoms with van der Waals surface area (Å²) in [5, 5.41) is 9.44. The molecule has 186 valence electrons. The van der Waals surface area contributed by atoms with Crippen molar-refractivity contribution in [2.45, 2.75) is 77.2 Å². The third kappa shape index (κ3) is 3.65. The summed E-state index contributed by atoms with van der Waals surface area (Å²) in [6, 6.07) is 14.2. The van der Waals surface area contributed by atoms with Crippen LogP contribution in [-0.2, 0) is 18.3 Å². The SMILES string of the molecule is C=C1C2=C(Cc3cc(C#N)ccc32)C(C)(C)c2cc(N3CCC(N4CCCCC4)CC3)c(CC)cc21. The van der Waals surface area contributed by atoms with E-state index in [1.807, 2.05) is 6.07 Å². The van der Waals surface area contributed by atoms with Crippen LogP contribution in [-0.4, -0.2) is 37.1 Å². The Bertz CT molecular complexity index is 1290. The number of nitrogens with zero attached hydrogens (tertiary/aromatic N) is 3. The second kappa shape index (κ2) is 8.93. The Morgan fingerprint density at radius 2 is 1.75 bits per heavy atom. The van der Waals surface area contributed by atoms with Gasteiger partial charge >= 0.3 is 0 Å². The van der Waals surface area contributed by atoms with Crippen LogP contribution in [0.15, 0.2) is 42.5 Å². The third-order valence-electron chi connectivity index (χ3n) is 9.54. The van der Waals surface area contributed by atoms with Crippen LogP contribution in [0, 0.1) is 11.3 Å². The summed E-state index contributed by atoms with van der Waals surface area (Å²) in [4.78, 5) is 5.44. The molecule has 0 amide bonds. The van der Waals surface area contributed by atoms with Crippen molar-refractivity contribution < 1.29 is 0 Å². The van der Waals surface area contributed by atoms with Gasteiger partial charge in [0.15, 0.2) is 0 Å². The highest BCUT2D eigenvalue weighted by Crippen LogP contribution is 2.55. The number of anilines is 1. The van der Waals surface area contributed by atoms with E-state index in [1.54, 1.807) is 0 Å². The Hall–Kier alpha value is -2.83. The molecular formula is C33H39N3. The monoisotopic (exact) mass is 477 g/mol. The molecule has 2 aromatic carbocycles. The van der Waals surface area contributed by atoms with Crippen LogP contribution < -0.4 is 4.90 Å². The van der Waals surface area contributed by atoms with Crippen LogP contribution in [0.25, 0.3) is 11.1 Å². The lowest BCUT2D eigenvalue weighted by Gasteiger charge is -2.42. The van der Waals surface area contributed by atoms with Crippen LogP contribution >= 0.6 is 0 Å². The highest BCUT2D eigenvalue weighted by molar-refractivity contribution is 6.11. The lowest BCUT2D eigenvalue weighted by Crippen LogP contribution is -2.47. The third-order valence-corrected chi connectivity index (χ3v) is 9.54. The summed E-state index contributed by atoms with van der Waals surface area (Å²) in [6.07, 6.45) is 8.68. The van der Waals surface area contributed by atoms with Crippen LogP contribution in [0.4, 0.5) is 5.69 Å². The van der Waals surface area contributed by atoms with Crippen LogP contribution in [0.1, 0.15) is 86.3 Å². The molecule has 2 aliphatic heterocycles. The maximum atomic E-state index is 9.44. The number of aryl methyl sites for hydroxylation is 1. The van der Waals surface area contributed by atoms with Gasteiger partial charge in [0.2, 0.25) is 0 Å². The van der Waals surface area contributed by atoms with Crippen molar-refractivity contribution in [2.75, 3.05) is 31.1 Å². The summed E-state index contributed by atoms with van der Waals surface area (Å²) < 4.78 is 0. The minimum absolute atomic E-state index is 0.0647. The van der Waals surface area contributed by atoms with E-state index in [0.717, 1.165) is 43.1 Å². The normalized spacial score (nSPS) is 21.7. The molecule has 3 nitrogen and oxygen atoms in total. The molecule has 0 saturated carbocycles. The molecule has 0 radical (unpaired) electrons. The van der Waals surface area contributed by atoms with Crippen molar-refractivity contribution in [1.82, 2.24) is 4.90 Å². The molecule has 2 fully saturated rings. The molecule has 0 unspecified atom stereocenters. The van der Waals surface area contributed by atoms with Crippen molar-refractivity contribution in [3.63, 3.8) is 0 Å². The minimum Gasteiger partial charge on any atom is -0.371 e. The Balaban J connectivity index is 1.33. The summed E-state index contributed by atoms with van der Waals surface area (Å²) >= 11 is 0. The van der Waals surface area contributed by atoms with Gasteiger partial charge in [0.05, 0.1) is 11.6 Å². The fourth-order valence-corrected chi connectivity index (χ4v) is 7.40. The van der Waals surface area contributed by atoms with E-state index in [9.17, 15) is 5.26 Å². The molecule has 2 heterocycles. The van der Waals surface area contributed by atoms with E-state index in [0.29, 0.717) is 0 Å². The van der Waals surface area contributed by atoms with Gasteiger partial charge in [0, 0.05) is 30.2 Å². The number of hydrogen-bond acceptors (Lipinski definition) is 3.